The number of nitrogens with zero attached hydrogens (tertiary/aromatic N) is 1. The summed E-state index contributed by atoms with van der Waals surface area (Å²) in [6.45, 7) is 7.34. The summed E-state index contributed by atoms with van der Waals surface area (Å²) < 4.78 is 11.0. The molecule has 0 N–H and O–H groups in total. The summed E-state index contributed by atoms with van der Waals surface area (Å²) in [6.07, 6.45) is 0. The maximum atomic E-state index is 14.3. The zero-order valence-electron chi connectivity index (χ0n) is 22.0. The number of Topliss-reactive ketones (excluding diaryl/α,β-unsaturated/α-hetero) is 1. The molecule has 0 aromatic heterocycles. The summed E-state index contributed by atoms with van der Waals surface area (Å²) in [5.74, 6) is -3.15. The summed E-state index contributed by atoms with van der Waals surface area (Å²) in [5, 5.41) is -0.389. The number of esters is 2. The first-order valence-corrected chi connectivity index (χ1v) is 13.5. The minimum Gasteiger partial charge on any atom is -0.465 e. The van der Waals surface area contributed by atoms with E-state index in [9.17, 15) is 14.4 Å². The highest BCUT2D eigenvalue weighted by Gasteiger charge is 2.68. The van der Waals surface area contributed by atoms with Gasteiger partial charge < -0.3 is 9.47 Å². The third-order valence-electron chi connectivity index (χ3n) is 6.55. The number of hydrogen-bond acceptors (Lipinski definition) is 7. The molecule has 1 aliphatic rings. The zero-order valence-corrected chi connectivity index (χ0v) is 22.8. The molecular weight excluding hydrogens is 498 g/mol. The lowest BCUT2D eigenvalue weighted by Gasteiger charge is -2.31. The number of aliphatic imine (C=N–C) groups is 1. The molecule has 0 radical (unpaired) electrons. The molecule has 0 unspecified atom stereocenters. The summed E-state index contributed by atoms with van der Waals surface area (Å²) in [7, 11) is 0. The number of aryl methyl sites for hydroxylation is 2. The van der Waals surface area contributed by atoms with Crippen LogP contribution in [0.3, 0.4) is 0 Å². The molecular formula is C31H31NO5S. The maximum Gasteiger partial charge on any atom is 0.331 e. The van der Waals surface area contributed by atoms with Crippen molar-refractivity contribution in [2.24, 2.45) is 16.3 Å². The molecule has 196 valence electrons. The lowest BCUT2D eigenvalue weighted by molar-refractivity contribution is -0.168. The monoisotopic (exact) mass is 529 g/mol. The Labute approximate surface area is 227 Å². The molecule has 6 nitrogen and oxygen atoms in total. The molecule has 0 amide bonds. The second kappa shape index (κ2) is 11.8. The first-order chi connectivity index (χ1) is 18.3. The van der Waals surface area contributed by atoms with Gasteiger partial charge in [0.2, 0.25) is 5.41 Å². The predicted octanol–water partition coefficient (Wildman–Crippen LogP) is 6.43. The molecule has 1 saturated heterocycles. The standard InChI is InChI=1S/C31H31NO5S/c1-5-36-29(34)31(30(35)37-6-2)25(26(33)22-10-8-7-9-11-22)27(23-16-12-20(3)13-17-23)38-28(31)32-24-18-14-21(4)15-19-24/h7-19,25,27H,5-6H2,1-4H3/t25-,27-/m1/s1. The molecule has 1 fully saturated rings. The second-order valence-electron chi connectivity index (χ2n) is 9.16. The minimum atomic E-state index is -2.07. The highest BCUT2D eigenvalue weighted by molar-refractivity contribution is 8.14. The van der Waals surface area contributed by atoms with Crippen molar-refractivity contribution >= 4 is 40.2 Å². The van der Waals surface area contributed by atoms with E-state index >= 15 is 0 Å². The lowest BCUT2D eigenvalue weighted by Crippen LogP contribution is -2.52. The first-order valence-electron chi connectivity index (χ1n) is 12.7. The highest BCUT2D eigenvalue weighted by Crippen LogP contribution is 2.59. The van der Waals surface area contributed by atoms with Gasteiger partial charge in [0.1, 0.15) is 5.04 Å². The minimum absolute atomic E-state index is 0.0317. The average Bonchev–Trinajstić information content (AvgIpc) is 3.26. The highest BCUT2D eigenvalue weighted by atomic mass is 32.2. The SMILES string of the molecule is CCOC(=O)C1(C(=O)OCC)C(=Nc2ccc(C)cc2)S[C@H](c2ccc(C)cc2)[C@H]1C(=O)c1ccccc1. The van der Waals surface area contributed by atoms with Gasteiger partial charge in [-0.05, 0) is 45.4 Å². The Morgan fingerprint density at radius 3 is 1.84 bits per heavy atom. The van der Waals surface area contributed by atoms with Crippen molar-refractivity contribution in [2.45, 2.75) is 32.9 Å². The molecule has 0 bridgehead atoms. The van der Waals surface area contributed by atoms with Crippen LogP contribution >= 0.6 is 11.8 Å². The summed E-state index contributed by atoms with van der Waals surface area (Å²) >= 11 is 1.24. The molecule has 38 heavy (non-hydrogen) atoms. The van der Waals surface area contributed by atoms with Crippen molar-refractivity contribution in [1.29, 1.82) is 0 Å². The molecule has 3 aromatic carbocycles. The Hall–Kier alpha value is -3.71. The van der Waals surface area contributed by atoms with Crippen LogP contribution in [0.15, 0.2) is 83.9 Å². The predicted molar refractivity (Wildman–Crippen MR) is 150 cm³/mol. The van der Waals surface area contributed by atoms with Crippen molar-refractivity contribution in [2.75, 3.05) is 13.2 Å². The molecule has 2 atom stereocenters. The van der Waals surface area contributed by atoms with Crippen molar-refractivity contribution < 1.29 is 23.9 Å². The molecule has 7 heteroatoms. The lowest BCUT2D eigenvalue weighted by atomic mass is 9.69. The molecule has 1 aliphatic heterocycles. The van der Waals surface area contributed by atoms with Gasteiger partial charge in [0, 0.05) is 10.8 Å². The van der Waals surface area contributed by atoms with Crippen molar-refractivity contribution in [3.05, 3.63) is 101 Å². The Morgan fingerprint density at radius 2 is 1.32 bits per heavy atom. The summed E-state index contributed by atoms with van der Waals surface area (Å²) in [5.41, 5.74) is 1.80. The summed E-state index contributed by atoms with van der Waals surface area (Å²) in [4.78, 5) is 47.0. The summed E-state index contributed by atoms with van der Waals surface area (Å²) in [6, 6.07) is 23.9. The van der Waals surface area contributed by atoms with E-state index in [-0.39, 0.29) is 24.0 Å². The van der Waals surface area contributed by atoms with Gasteiger partial charge in [0.15, 0.2) is 5.78 Å². The van der Waals surface area contributed by atoms with Crippen LogP contribution in [0.2, 0.25) is 0 Å². The first kappa shape index (κ1) is 27.3. The van der Waals surface area contributed by atoms with Gasteiger partial charge in [-0.1, -0.05) is 89.6 Å². The van der Waals surface area contributed by atoms with E-state index in [1.165, 1.54) is 11.8 Å². The van der Waals surface area contributed by atoms with Crippen LogP contribution in [0.25, 0.3) is 0 Å². The van der Waals surface area contributed by atoms with Gasteiger partial charge in [-0.2, -0.15) is 0 Å². The van der Waals surface area contributed by atoms with E-state index in [1.54, 1.807) is 38.1 Å². The molecule has 3 aromatic rings. The fourth-order valence-corrected chi connectivity index (χ4v) is 6.26. The number of carbonyl (C=O) groups excluding carboxylic acids is 3. The zero-order chi connectivity index (χ0) is 27.3. The normalized spacial score (nSPS) is 19.2. The van der Waals surface area contributed by atoms with Crippen molar-refractivity contribution in [3.8, 4) is 0 Å². The number of rotatable bonds is 8. The fraction of sp³-hybridized carbons (Fsp3) is 0.290. The van der Waals surface area contributed by atoms with Crippen LogP contribution in [0, 0.1) is 25.2 Å². The number of hydrogen-bond donors (Lipinski definition) is 0. The molecule has 0 saturated carbocycles. The largest absolute Gasteiger partial charge is 0.465 e. The van der Waals surface area contributed by atoms with Crippen molar-refractivity contribution in [1.82, 2.24) is 0 Å². The second-order valence-corrected chi connectivity index (χ2v) is 10.3. The van der Waals surface area contributed by atoms with Gasteiger partial charge in [0.25, 0.3) is 0 Å². The third kappa shape index (κ3) is 5.16. The van der Waals surface area contributed by atoms with Crippen molar-refractivity contribution in [3.63, 3.8) is 0 Å². The quantitative estimate of drug-likeness (QED) is 0.190. The van der Waals surface area contributed by atoms with E-state index < -0.39 is 28.5 Å². The van der Waals surface area contributed by atoms with Crippen LogP contribution in [0.1, 0.15) is 46.1 Å². The van der Waals surface area contributed by atoms with Gasteiger partial charge in [0.05, 0.1) is 24.8 Å². The van der Waals surface area contributed by atoms with Gasteiger partial charge in [-0.3, -0.25) is 14.4 Å². The van der Waals surface area contributed by atoms with E-state index in [4.69, 9.17) is 14.5 Å². The third-order valence-corrected chi connectivity index (χ3v) is 7.99. The number of carbonyl (C=O) groups is 3. The molecule has 4 rings (SSSR count). The van der Waals surface area contributed by atoms with Crippen LogP contribution in [0.5, 0.6) is 0 Å². The average molecular weight is 530 g/mol. The Kier molecular flexibility index (Phi) is 8.47. The molecule has 0 aliphatic carbocycles. The van der Waals surface area contributed by atoms with Gasteiger partial charge in [-0.15, -0.1) is 0 Å². The Balaban J connectivity index is 2.02. The van der Waals surface area contributed by atoms with E-state index in [0.717, 1.165) is 16.7 Å². The molecule has 0 spiro atoms. The van der Waals surface area contributed by atoms with E-state index in [2.05, 4.69) is 0 Å². The van der Waals surface area contributed by atoms with Crippen LogP contribution < -0.4 is 0 Å². The number of ether oxygens (including phenoxy) is 2. The van der Waals surface area contributed by atoms with E-state index in [1.807, 2.05) is 68.4 Å². The van der Waals surface area contributed by atoms with Crippen LogP contribution in [-0.2, 0) is 19.1 Å². The van der Waals surface area contributed by atoms with Crippen LogP contribution in [-0.4, -0.2) is 36.0 Å². The Bertz CT molecular complexity index is 1310. The van der Waals surface area contributed by atoms with Crippen LogP contribution in [0.4, 0.5) is 5.69 Å². The smallest absolute Gasteiger partial charge is 0.331 e. The fourth-order valence-electron chi connectivity index (χ4n) is 4.63. The number of thioether (sulfide) groups is 1. The maximum absolute atomic E-state index is 14.3. The molecule has 1 heterocycles. The Morgan fingerprint density at radius 1 is 0.789 bits per heavy atom. The van der Waals surface area contributed by atoms with Gasteiger partial charge >= 0.3 is 11.9 Å². The van der Waals surface area contributed by atoms with Gasteiger partial charge in [-0.25, -0.2) is 4.99 Å². The number of benzene rings is 3. The topological polar surface area (TPSA) is 82.0 Å². The van der Waals surface area contributed by atoms with E-state index in [0.29, 0.717) is 11.3 Å². The number of ketones is 1.